The summed E-state index contributed by atoms with van der Waals surface area (Å²) in [4.78, 5) is 2.45. The first-order valence-electron chi connectivity index (χ1n) is 24.3. The Morgan fingerprint density at radius 2 is 1.40 bits per heavy atom. The highest BCUT2D eigenvalue weighted by Gasteiger charge is 2.42. The largest absolute Gasteiger partial charge is 0.467 e. The van der Waals surface area contributed by atoms with Crippen LogP contribution in [0, 0.1) is 5.41 Å². The van der Waals surface area contributed by atoms with Gasteiger partial charge in [0.1, 0.15) is 16.8 Å². The van der Waals surface area contributed by atoms with Crippen molar-refractivity contribution in [3.05, 3.63) is 232 Å². The molecule has 3 heteroatoms. The second-order valence-electron chi connectivity index (χ2n) is 20.2. The van der Waals surface area contributed by atoms with E-state index < -0.39 is 0 Å². The Bertz CT molecular complexity index is 3420. The SMILES string of the molecule is C=C/C(=C(\C)O/C(C)=C/C)C1(C)C=CC(N(C2=CC=C(/C(C=C)=c3\oc4ccccc4\c3=C\C)CC2)c2ccc(-c3cccc4c3-c3cc5c(cc3C4(C)C)-c3ccccc3C5(C)C)cc2)=CC1. The molecule has 0 saturated carbocycles. The molecule has 0 N–H and O–H groups in total. The van der Waals surface area contributed by atoms with Gasteiger partial charge in [-0.15, -0.1) is 0 Å². The molecule has 0 radical (unpaired) electrons. The van der Waals surface area contributed by atoms with Crippen LogP contribution in [0.4, 0.5) is 5.69 Å². The third-order valence-corrected chi connectivity index (χ3v) is 15.5. The van der Waals surface area contributed by atoms with Crippen molar-refractivity contribution >= 4 is 28.3 Å². The van der Waals surface area contributed by atoms with Crippen molar-refractivity contribution < 1.29 is 9.15 Å². The van der Waals surface area contributed by atoms with Gasteiger partial charge in [-0.1, -0.05) is 157 Å². The molecular formula is C65H63NO2. The number of hydrogen-bond donors (Lipinski definition) is 0. The predicted molar refractivity (Wildman–Crippen MR) is 287 cm³/mol. The lowest BCUT2D eigenvalue weighted by molar-refractivity contribution is 0.294. The van der Waals surface area contributed by atoms with Gasteiger partial charge in [-0.2, -0.15) is 0 Å². The predicted octanol–water partition coefficient (Wildman–Crippen LogP) is 16.2. The number of fused-ring (bicyclic) bond motifs is 7. The lowest BCUT2D eigenvalue weighted by atomic mass is 9.75. The van der Waals surface area contributed by atoms with Crippen molar-refractivity contribution in [3.63, 3.8) is 0 Å². The molecule has 4 aliphatic carbocycles. The zero-order valence-corrected chi connectivity index (χ0v) is 41.3. The Morgan fingerprint density at radius 1 is 0.706 bits per heavy atom. The average molecular weight is 890 g/mol. The summed E-state index contributed by atoms with van der Waals surface area (Å²) in [7, 11) is 0. The summed E-state index contributed by atoms with van der Waals surface area (Å²) in [5.41, 5.74) is 21.7. The summed E-state index contributed by atoms with van der Waals surface area (Å²) >= 11 is 0. The van der Waals surface area contributed by atoms with Crippen molar-refractivity contribution in [2.45, 2.75) is 92.4 Å². The normalized spacial score (nSPS) is 19.8. The Balaban J connectivity index is 1.06. The second-order valence-corrected chi connectivity index (χ2v) is 20.2. The van der Waals surface area contributed by atoms with E-state index in [2.05, 4.69) is 187 Å². The van der Waals surface area contributed by atoms with Gasteiger partial charge < -0.3 is 14.1 Å². The number of para-hydroxylation sites is 1. The van der Waals surface area contributed by atoms with Crippen molar-refractivity contribution in [1.82, 2.24) is 0 Å². The second kappa shape index (κ2) is 16.9. The first-order chi connectivity index (χ1) is 32.7. The van der Waals surface area contributed by atoms with Crippen molar-refractivity contribution in [2.24, 2.45) is 5.41 Å². The minimum Gasteiger partial charge on any atom is -0.467 e. The summed E-state index contributed by atoms with van der Waals surface area (Å²) in [6.07, 6.45) is 22.1. The molecule has 0 saturated heterocycles. The van der Waals surface area contributed by atoms with E-state index in [0.717, 1.165) is 74.9 Å². The number of anilines is 1. The highest BCUT2D eigenvalue weighted by molar-refractivity contribution is 5.96. The maximum atomic E-state index is 6.52. The molecular weight excluding hydrogens is 827 g/mol. The molecule has 3 nitrogen and oxygen atoms in total. The van der Waals surface area contributed by atoms with Gasteiger partial charge in [-0.05, 0) is 162 Å². The number of benzene rings is 5. The molecule has 0 bridgehead atoms. The number of rotatable bonds is 10. The van der Waals surface area contributed by atoms with E-state index in [1.165, 1.54) is 66.9 Å². The van der Waals surface area contributed by atoms with E-state index in [0.29, 0.717) is 0 Å². The summed E-state index contributed by atoms with van der Waals surface area (Å²) < 4.78 is 12.8. The molecule has 0 aliphatic heterocycles. The fraction of sp³-hybridized carbons (Fsp3) is 0.231. The van der Waals surface area contributed by atoms with E-state index in [9.17, 15) is 0 Å². The molecule has 1 unspecified atom stereocenters. The van der Waals surface area contributed by atoms with Crippen molar-refractivity contribution in [2.75, 3.05) is 4.90 Å². The monoisotopic (exact) mass is 889 g/mol. The molecule has 10 rings (SSSR count). The van der Waals surface area contributed by atoms with Gasteiger partial charge in [0.2, 0.25) is 0 Å². The third kappa shape index (κ3) is 7.09. The third-order valence-electron chi connectivity index (χ3n) is 15.5. The van der Waals surface area contributed by atoms with Crippen LogP contribution in [-0.4, -0.2) is 0 Å². The average Bonchev–Trinajstić information content (AvgIpc) is 3.91. The number of nitrogens with zero attached hydrogens (tertiary/aromatic N) is 1. The van der Waals surface area contributed by atoms with Crippen molar-refractivity contribution in [1.29, 1.82) is 0 Å². The smallest absolute Gasteiger partial charge is 0.142 e. The van der Waals surface area contributed by atoms with Gasteiger partial charge in [0.25, 0.3) is 0 Å². The van der Waals surface area contributed by atoms with Crippen LogP contribution in [0.25, 0.3) is 56.0 Å². The highest BCUT2D eigenvalue weighted by Crippen LogP contribution is 2.57. The minimum absolute atomic E-state index is 0.0747. The molecule has 0 fully saturated rings. The zero-order chi connectivity index (χ0) is 47.7. The molecule has 1 aromatic heterocycles. The quantitative estimate of drug-likeness (QED) is 0.101. The maximum Gasteiger partial charge on any atom is 0.142 e. The van der Waals surface area contributed by atoms with Crippen LogP contribution in [0.15, 0.2) is 203 Å². The standard InChI is InChI=1S/C65H63NO2/c1-12-41(5)67-42(6)55(15-4)65(11)37-35-47(36-38-65)66(45-31-27-43(28-32-45)48(13-2)62-49(14-3)52-22-17-19-26-60(52)68-62)46-33-29-44(30-34-46)50-23-20-25-57-61(50)54-40-58-53(39-59(54)64(57,9)10)51-21-16-18-24-56(51)63(58,7)8/h12-27,29-31,33-37,39-40H,2,4,28,32,38H2,1,3,5-11H3/b41-12+,49-14-,55-42-,62-48-. The molecule has 5 aromatic carbocycles. The van der Waals surface area contributed by atoms with Crippen LogP contribution in [0.2, 0.25) is 0 Å². The molecule has 340 valence electrons. The summed E-state index contributed by atoms with van der Waals surface area (Å²) in [6, 6.07) is 38.5. The van der Waals surface area contributed by atoms with Crippen LogP contribution in [0.5, 0.6) is 0 Å². The lowest BCUT2D eigenvalue weighted by Crippen LogP contribution is -2.27. The fourth-order valence-corrected chi connectivity index (χ4v) is 11.7. The Morgan fingerprint density at radius 3 is 2.09 bits per heavy atom. The van der Waals surface area contributed by atoms with E-state index >= 15 is 0 Å². The molecule has 6 aromatic rings. The van der Waals surface area contributed by atoms with Gasteiger partial charge in [-0.25, -0.2) is 0 Å². The van der Waals surface area contributed by atoms with Crippen LogP contribution in [0.1, 0.15) is 104 Å². The molecule has 1 atom stereocenters. The molecule has 1 heterocycles. The van der Waals surface area contributed by atoms with E-state index in [1.807, 2.05) is 51.1 Å². The minimum atomic E-state index is -0.281. The van der Waals surface area contributed by atoms with Crippen LogP contribution >= 0.6 is 0 Å². The number of ether oxygens (including phenoxy) is 1. The van der Waals surface area contributed by atoms with E-state index in [4.69, 9.17) is 9.15 Å². The summed E-state index contributed by atoms with van der Waals surface area (Å²) in [6.45, 7) is 28.5. The Hall–Kier alpha value is -7.10. The highest BCUT2D eigenvalue weighted by atomic mass is 16.5. The summed E-state index contributed by atoms with van der Waals surface area (Å²) in [5.74, 6) is 1.75. The molecule has 68 heavy (non-hydrogen) atoms. The van der Waals surface area contributed by atoms with Gasteiger partial charge in [0.05, 0.1) is 5.76 Å². The maximum absolute atomic E-state index is 6.52. The zero-order valence-electron chi connectivity index (χ0n) is 41.3. The van der Waals surface area contributed by atoms with Gasteiger partial charge in [-0.3, -0.25) is 0 Å². The van der Waals surface area contributed by atoms with Crippen LogP contribution in [-0.2, 0) is 15.6 Å². The number of allylic oxidation sites excluding steroid dienone is 13. The van der Waals surface area contributed by atoms with E-state index in [1.54, 1.807) is 0 Å². The first-order valence-corrected chi connectivity index (χ1v) is 24.3. The topological polar surface area (TPSA) is 25.6 Å². The fourth-order valence-electron chi connectivity index (χ4n) is 11.7. The Kier molecular flexibility index (Phi) is 11.1. The number of furan rings is 1. The lowest BCUT2D eigenvalue weighted by Gasteiger charge is -2.36. The molecule has 0 amide bonds. The Labute approximate surface area is 403 Å². The molecule has 0 spiro atoms. The number of hydrogen-bond acceptors (Lipinski definition) is 3. The van der Waals surface area contributed by atoms with Gasteiger partial charge in [0.15, 0.2) is 0 Å². The summed E-state index contributed by atoms with van der Waals surface area (Å²) in [5, 5.41) is 2.23. The van der Waals surface area contributed by atoms with Crippen molar-refractivity contribution in [3.8, 4) is 33.4 Å². The van der Waals surface area contributed by atoms with Gasteiger partial charge in [0, 0.05) is 49.5 Å². The first kappa shape index (κ1) is 44.7. The van der Waals surface area contributed by atoms with Crippen LogP contribution in [0.3, 0.4) is 0 Å². The van der Waals surface area contributed by atoms with Crippen LogP contribution < -0.4 is 15.5 Å². The molecule has 4 aliphatic rings. The van der Waals surface area contributed by atoms with Gasteiger partial charge >= 0.3 is 0 Å². The van der Waals surface area contributed by atoms with E-state index in [-0.39, 0.29) is 16.2 Å².